The Morgan fingerprint density at radius 3 is 2.78 bits per heavy atom. The Kier molecular flexibility index (Phi) is 6.65. The average molecular weight is 255 g/mol. The van der Waals surface area contributed by atoms with Gasteiger partial charge in [-0.25, -0.2) is 0 Å². The molecule has 0 aliphatic carbocycles. The zero-order valence-corrected chi connectivity index (χ0v) is 12.2. The first-order valence-corrected chi connectivity index (χ1v) is 7.22. The molecule has 2 atom stereocenters. The number of likely N-dealkylation sites (N-methyl/N-ethyl adjacent to an activating group) is 1. The van der Waals surface area contributed by atoms with Crippen molar-refractivity contribution >= 4 is 5.91 Å². The Morgan fingerprint density at radius 2 is 2.11 bits per heavy atom. The number of hydrogen-bond acceptors (Lipinski definition) is 3. The van der Waals surface area contributed by atoms with Crippen molar-refractivity contribution in [2.24, 2.45) is 11.7 Å². The van der Waals surface area contributed by atoms with Crippen molar-refractivity contribution < 1.29 is 4.79 Å². The highest BCUT2D eigenvalue weighted by Gasteiger charge is 2.23. The van der Waals surface area contributed by atoms with Crippen LogP contribution in [0.5, 0.6) is 0 Å². The van der Waals surface area contributed by atoms with Gasteiger partial charge in [0.05, 0.1) is 0 Å². The van der Waals surface area contributed by atoms with E-state index < -0.39 is 0 Å². The van der Waals surface area contributed by atoms with Crippen LogP contribution in [0.2, 0.25) is 0 Å². The van der Waals surface area contributed by atoms with Gasteiger partial charge < -0.3 is 15.5 Å². The highest BCUT2D eigenvalue weighted by molar-refractivity contribution is 5.76. The minimum absolute atomic E-state index is 0.321. The molecule has 2 N–H and O–H groups in total. The van der Waals surface area contributed by atoms with Gasteiger partial charge in [0, 0.05) is 25.6 Å². The molecule has 0 saturated carbocycles. The molecule has 0 spiro atoms. The number of hydrogen-bond donors (Lipinski definition) is 1. The Labute approximate surface area is 111 Å². The molecule has 1 aliphatic heterocycles. The fourth-order valence-electron chi connectivity index (χ4n) is 2.69. The summed E-state index contributed by atoms with van der Waals surface area (Å²) >= 11 is 0. The topological polar surface area (TPSA) is 49.6 Å². The quantitative estimate of drug-likeness (QED) is 0.805. The molecule has 1 rings (SSSR count). The number of carbonyl (C=O) groups excluding carboxylic acids is 1. The molecule has 1 amide bonds. The largest absolute Gasteiger partial charge is 0.339 e. The second-order valence-electron chi connectivity index (χ2n) is 5.77. The zero-order valence-electron chi connectivity index (χ0n) is 12.2. The number of carbonyl (C=O) groups is 1. The van der Waals surface area contributed by atoms with Gasteiger partial charge in [-0.3, -0.25) is 4.79 Å². The average Bonchev–Trinajstić information content (AvgIpc) is 2.47. The van der Waals surface area contributed by atoms with E-state index >= 15 is 0 Å². The predicted octanol–water partition coefficient (Wildman–Crippen LogP) is 1.30. The summed E-state index contributed by atoms with van der Waals surface area (Å²) in [4.78, 5) is 16.6. The first kappa shape index (κ1) is 15.4. The smallest absolute Gasteiger partial charge is 0.222 e. The van der Waals surface area contributed by atoms with E-state index in [1.807, 2.05) is 0 Å². The van der Waals surface area contributed by atoms with Crippen LogP contribution < -0.4 is 5.73 Å². The lowest BCUT2D eigenvalue weighted by Crippen LogP contribution is -2.42. The molecule has 1 aliphatic rings. The van der Waals surface area contributed by atoms with Crippen LogP contribution in [0.1, 0.15) is 39.5 Å². The lowest BCUT2D eigenvalue weighted by Gasteiger charge is -2.28. The van der Waals surface area contributed by atoms with Crippen LogP contribution in [0.4, 0.5) is 0 Å². The molecule has 106 valence electrons. The molecule has 2 unspecified atom stereocenters. The number of rotatable bonds is 5. The molecule has 0 aromatic rings. The molecule has 0 aromatic heterocycles. The Balaban J connectivity index is 2.40. The van der Waals surface area contributed by atoms with E-state index in [-0.39, 0.29) is 0 Å². The van der Waals surface area contributed by atoms with Crippen molar-refractivity contribution in [2.75, 3.05) is 33.2 Å². The fraction of sp³-hybridized carbons (Fsp3) is 0.929. The maximum absolute atomic E-state index is 12.3. The van der Waals surface area contributed by atoms with E-state index in [4.69, 9.17) is 5.73 Å². The van der Waals surface area contributed by atoms with Crippen LogP contribution in [0.3, 0.4) is 0 Å². The van der Waals surface area contributed by atoms with Crippen LogP contribution in [-0.4, -0.2) is 55.0 Å². The standard InChI is InChI=1S/C14H29N3O/c1-12(7-8-15)5-6-14(18)17-10-4-9-16(3)11-13(17)2/h12-13H,4-11,15H2,1-3H3. The lowest BCUT2D eigenvalue weighted by molar-refractivity contribution is -0.133. The maximum atomic E-state index is 12.3. The zero-order chi connectivity index (χ0) is 13.5. The van der Waals surface area contributed by atoms with Crippen molar-refractivity contribution in [3.05, 3.63) is 0 Å². The molecule has 0 aromatic carbocycles. The van der Waals surface area contributed by atoms with E-state index in [9.17, 15) is 4.79 Å². The molecule has 1 saturated heterocycles. The summed E-state index contributed by atoms with van der Waals surface area (Å²) in [6.45, 7) is 8.06. The molecular formula is C14H29N3O. The summed E-state index contributed by atoms with van der Waals surface area (Å²) in [6, 6.07) is 0.342. The van der Waals surface area contributed by atoms with E-state index in [0.717, 1.165) is 45.4 Å². The van der Waals surface area contributed by atoms with Gasteiger partial charge in [0.2, 0.25) is 5.91 Å². The van der Waals surface area contributed by atoms with Crippen LogP contribution in [0.15, 0.2) is 0 Å². The van der Waals surface area contributed by atoms with Crippen LogP contribution >= 0.6 is 0 Å². The van der Waals surface area contributed by atoms with E-state index in [0.29, 0.717) is 24.3 Å². The first-order chi connectivity index (χ1) is 8.54. The highest BCUT2D eigenvalue weighted by atomic mass is 16.2. The van der Waals surface area contributed by atoms with Crippen molar-refractivity contribution in [3.8, 4) is 0 Å². The minimum atomic E-state index is 0.321. The molecule has 4 heteroatoms. The number of nitrogens with two attached hydrogens (primary N) is 1. The summed E-state index contributed by atoms with van der Waals surface area (Å²) in [5.74, 6) is 0.880. The van der Waals surface area contributed by atoms with E-state index in [1.165, 1.54) is 0 Å². The molecule has 18 heavy (non-hydrogen) atoms. The maximum Gasteiger partial charge on any atom is 0.222 e. The summed E-state index contributed by atoms with van der Waals surface area (Å²) < 4.78 is 0. The van der Waals surface area contributed by atoms with Gasteiger partial charge in [0.1, 0.15) is 0 Å². The van der Waals surface area contributed by atoms with Crippen LogP contribution in [-0.2, 0) is 4.79 Å². The molecule has 0 radical (unpaired) electrons. The van der Waals surface area contributed by atoms with Crippen molar-refractivity contribution in [1.29, 1.82) is 0 Å². The first-order valence-electron chi connectivity index (χ1n) is 7.22. The van der Waals surface area contributed by atoms with Crippen molar-refractivity contribution in [2.45, 2.75) is 45.6 Å². The van der Waals surface area contributed by atoms with Crippen LogP contribution in [0, 0.1) is 5.92 Å². The molecule has 4 nitrogen and oxygen atoms in total. The summed E-state index contributed by atoms with van der Waals surface area (Å²) in [7, 11) is 2.13. The van der Waals surface area contributed by atoms with Crippen molar-refractivity contribution in [3.63, 3.8) is 0 Å². The highest BCUT2D eigenvalue weighted by Crippen LogP contribution is 2.14. The van der Waals surface area contributed by atoms with Gasteiger partial charge in [-0.15, -0.1) is 0 Å². The SMILES string of the molecule is CC(CCN)CCC(=O)N1CCCN(C)CC1C. The second-order valence-corrected chi connectivity index (χ2v) is 5.77. The lowest BCUT2D eigenvalue weighted by atomic mass is 10.0. The van der Waals surface area contributed by atoms with E-state index in [1.54, 1.807) is 0 Å². The van der Waals surface area contributed by atoms with Crippen molar-refractivity contribution in [1.82, 2.24) is 9.80 Å². The molecule has 1 heterocycles. The third-order valence-electron chi connectivity index (χ3n) is 3.88. The second kappa shape index (κ2) is 7.74. The van der Waals surface area contributed by atoms with Gasteiger partial charge in [-0.1, -0.05) is 6.92 Å². The van der Waals surface area contributed by atoms with Gasteiger partial charge in [-0.2, -0.15) is 0 Å². The minimum Gasteiger partial charge on any atom is -0.339 e. The Bertz CT molecular complexity index is 257. The third-order valence-corrected chi connectivity index (χ3v) is 3.88. The monoisotopic (exact) mass is 255 g/mol. The predicted molar refractivity (Wildman–Crippen MR) is 75.4 cm³/mol. The summed E-state index contributed by atoms with van der Waals surface area (Å²) in [6.07, 6.45) is 3.75. The molecule has 1 fully saturated rings. The van der Waals surface area contributed by atoms with Gasteiger partial charge >= 0.3 is 0 Å². The van der Waals surface area contributed by atoms with Gasteiger partial charge in [-0.05, 0) is 52.2 Å². The van der Waals surface area contributed by atoms with Gasteiger partial charge in [0.25, 0.3) is 0 Å². The Hall–Kier alpha value is -0.610. The third kappa shape index (κ3) is 4.94. The normalized spacial score (nSPS) is 23.8. The van der Waals surface area contributed by atoms with Crippen LogP contribution in [0.25, 0.3) is 0 Å². The van der Waals surface area contributed by atoms with Gasteiger partial charge in [0.15, 0.2) is 0 Å². The number of amides is 1. The fourth-order valence-corrected chi connectivity index (χ4v) is 2.69. The molecular weight excluding hydrogens is 226 g/mol. The molecule has 0 bridgehead atoms. The summed E-state index contributed by atoms with van der Waals surface area (Å²) in [5, 5.41) is 0. The van der Waals surface area contributed by atoms with E-state index in [2.05, 4.69) is 30.7 Å². The number of nitrogens with zero attached hydrogens (tertiary/aromatic N) is 2. The Morgan fingerprint density at radius 1 is 1.39 bits per heavy atom. The summed E-state index contributed by atoms with van der Waals surface area (Å²) in [5.41, 5.74) is 5.54.